The highest BCUT2D eigenvalue weighted by Crippen LogP contribution is 2.26. The van der Waals surface area contributed by atoms with E-state index in [9.17, 15) is 4.79 Å². The number of anilines is 1. The smallest absolute Gasteiger partial charge is 0.193 e. The van der Waals surface area contributed by atoms with Crippen molar-refractivity contribution in [2.45, 2.75) is 33.1 Å². The van der Waals surface area contributed by atoms with Crippen molar-refractivity contribution in [3.05, 3.63) is 64.7 Å². The number of ketones is 1. The molecule has 0 fully saturated rings. The number of aryl methyl sites for hydroxylation is 1. The summed E-state index contributed by atoms with van der Waals surface area (Å²) in [4.78, 5) is 12.6. The van der Waals surface area contributed by atoms with Gasteiger partial charge in [0.05, 0.1) is 0 Å². The van der Waals surface area contributed by atoms with Gasteiger partial charge >= 0.3 is 0 Å². The van der Waals surface area contributed by atoms with Crippen LogP contribution in [0, 0.1) is 6.92 Å². The molecule has 20 heavy (non-hydrogen) atoms. The molecule has 2 aromatic rings. The minimum atomic E-state index is 0.0262. The molecule has 0 amide bonds. The van der Waals surface area contributed by atoms with E-state index in [1.54, 1.807) is 12.1 Å². The molecular weight excluding hydrogens is 246 g/mol. The van der Waals surface area contributed by atoms with Crippen molar-refractivity contribution in [3.8, 4) is 0 Å². The average Bonchev–Trinajstić information content (AvgIpc) is 2.37. The third-order valence-corrected chi connectivity index (χ3v) is 3.50. The van der Waals surface area contributed by atoms with Crippen molar-refractivity contribution in [1.29, 1.82) is 0 Å². The van der Waals surface area contributed by atoms with E-state index < -0.39 is 0 Å². The molecule has 2 aromatic carbocycles. The van der Waals surface area contributed by atoms with Gasteiger partial charge in [0.15, 0.2) is 5.78 Å². The van der Waals surface area contributed by atoms with E-state index in [-0.39, 0.29) is 11.2 Å². The second-order valence-corrected chi connectivity index (χ2v) is 6.23. The molecule has 0 aromatic heterocycles. The summed E-state index contributed by atoms with van der Waals surface area (Å²) in [7, 11) is 0. The minimum absolute atomic E-state index is 0.0262. The molecule has 0 aliphatic heterocycles. The second-order valence-electron chi connectivity index (χ2n) is 6.23. The molecule has 2 rings (SSSR count). The molecule has 2 heteroatoms. The number of benzene rings is 2. The minimum Gasteiger partial charge on any atom is -0.399 e. The van der Waals surface area contributed by atoms with Gasteiger partial charge in [0.2, 0.25) is 0 Å². The van der Waals surface area contributed by atoms with Gasteiger partial charge in [0, 0.05) is 16.8 Å². The summed E-state index contributed by atoms with van der Waals surface area (Å²) in [5, 5.41) is 0. The first-order valence-electron chi connectivity index (χ1n) is 6.80. The zero-order valence-corrected chi connectivity index (χ0v) is 12.5. The average molecular weight is 267 g/mol. The molecular formula is C18H21NO. The van der Waals surface area contributed by atoms with Gasteiger partial charge in [-0.15, -0.1) is 0 Å². The summed E-state index contributed by atoms with van der Waals surface area (Å²) in [5.41, 5.74) is 9.94. The van der Waals surface area contributed by atoms with Gasteiger partial charge in [-0.2, -0.15) is 0 Å². The Hall–Kier alpha value is -2.09. The largest absolute Gasteiger partial charge is 0.399 e. The van der Waals surface area contributed by atoms with Crippen LogP contribution in [0.15, 0.2) is 42.5 Å². The Morgan fingerprint density at radius 2 is 1.75 bits per heavy atom. The third kappa shape index (κ3) is 2.90. The van der Waals surface area contributed by atoms with E-state index in [1.807, 2.05) is 31.2 Å². The zero-order valence-electron chi connectivity index (χ0n) is 12.5. The van der Waals surface area contributed by atoms with Crippen molar-refractivity contribution >= 4 is 11.5 Å². The van der Waals surface area contributed by atoms with E-state index in [0.717, 1.165) is 16.7 Å². The number of nitrogens with two attached hydrogens (primary N) is 1. The van der Waals surface area contributed by atoms with Crippen LogP contribution in [-0.2, 0) is 5.41 Å². The summed E-state index contributed by atoms with van der Waals surface area (Å²) in [6, 6.07) is 13.2. The Morgan fingerprint density at radius 3 is 2.35 bits per heavy atom. The fourth-order valence-corrected chi connectivity index (χ4v) is 2.17. The number of hydrogen-bond donors (Lipinski definition) is 1. The summed E-state index contributed by atoms with van der Waals surface area (Å²) >= 11 is 0. The summed E-state index contributed by atoms with van der Waals surface area (Å²) in [6.07, 6.45) is 0. The lowest BCUT2D eigenvalue weighted by molar-refractivity contribution is 0.103. The molecule has 0 aliphatic rings. The fraction of sp³-hybridized carbons (Fsp3) is 0.278. The fourth-order valence-electron chi connectivity index (χ4n) is 2.17. The van der Waals surface area contributed by atoms with Gasteiger partial charge in [-0.25, -0.2) is 0 Å². The van der Waals surface area contributed by atoms with Crippen LogP contribution in [0.1, 0.15) is 47.8 Å². The summed E-state index contributed by atoms with van der Waals surface area (Å²) in [5.74, 6) is 0.0286. The topological polar surface area (TPSA) is 43.1 Å². The molecule has 0 unspecified atom stereocenters. The predicted octanol–water partition coefficient (Wildman–Crippen LogP) is 4.11. The number of nitrogen functional groups attached to an aromatic ring is 1. The Kier molecular flexibility index (Phi) is 3.67. The molecule has 0 aliphatic carbocycles. The van der Waals surface area contributed by atoms with Crippen molar-refractivity contribution in [2.75, 3.05) is 5.73 Å². The van der Waals surface area contributed by atoms with Gasteiger partial charge in [-0.1, -0.05) is 45.0 Å². The molecule has 2 N–H and O–H groups in total. The maximum atomic E-state index is 12.6. The number of hydrogen-bond acceptors (Lipinski definition) is 2. The van der Waals surface area contributed by atoms with Crippen LogP contribution in [0.3, 0.4) is 0 Å². The van der Waals surface area contributed by atoms with Crippen molar-refractivity contribution in [3.63, 3.8) is 0 Å². The van der Waals surface area contributed by atoms with E-state index in [0.29, 0.717) is 11.3 Å². The number of rotatable bonds is 2. The third-order valence-electron chi connectivity index (χ3n) is 3.50. The molecule has 0 atom stereocenters. The van der Waals surface area contributed by atoms with Crippen LogP contribution >= 0.6 is 0 Å². The highest BCUT2D eigenvalue weighted by Gasteiger charge is 2.18. The summed E-state index contributed by atoms with van der Waals surface area (Å²) in [6.45, 7) is 8.40. The first-order chi connectivity index (χ1) is 9.29. The normalized spacial score (nSPS) is 11.4. The SMILES string of the molecule is Cc1ccc(C(C)(C)C)cc1C(=O)c1cccc(N)c1. The van der Waals surface area contributed by atoms with Crippen LogP contribution in [0.25, 0.3) is 0 Å². The Bertz CT molecular complexity index is 651. The predicted molar refractivity (Wildman–Crippen MR) is 84.2 cm³/mol. The number of carbonyl (C=O) groups is 1. The highest BCUT2D eigenvalue weighted by atomic mass is 16.1. The van der Waals surface area contributed by atoms with Crippen molar-refractivity contribution in [2.24, 2.45) is 0 Å². The molecule has 2 nitrogen and oxygen atoms in total. The van der Waals surface area contributed by atoms with Gasteiger partial charge in [0.1, 0.15) is 0 Å². The Balaban J connectivity index is 2.49. The molecule has 0 saturated heterocycles. The highest BCUT2D eigenvalue weighted by molar-refractivity contribution is 6.10. The first kappa shape index (κ1) is 14.3. The standard InChI is InChI=1S/C18H21NO/c1-12-8-9-14(18(2,3)4)11-16(12)17(20)13-6-5-7-15(19)10-13/h5-11H,19H2,1-4H3. The lowest BCUT2D eigenvalue weighted by atomic mass is 9.84. The molecule has 0 radical (unpaired) electrons. The Labute approximate surface area is 120 Å². The zero-order chi connectivity index (χ0) is 14.9. The van der Waals surface area contributed by atoms with E-state index >= 15 is 0 Å². The Morgan fingerprint density at radius 1 is 1.05 bits per heavy atom. The molecule has 0 heterocycles. The molecule has 0 spiro atoms. The quantitative estimate of drug-likeness (QED) is 0.657. The van der Waals surface area contributed by atoms with Gasteiger partial charge in [-0.3, -0.25) is 4.79 Å². The second kappa shape index (κ2) is 5.12. The van der Waals surface area contributed by atoms with E-state index in [1.165, 1.54) is 0 Å². The van der Waals surface area contributed by atoms with E-state index in [4.69, 9.17) is 5.73 Å². The van der Waals surface area contributed by atoms with Crippen molar-refractivity contribution < 1.29 is 4.79 Å². The van der Waals surface area contributed by atoms with Crippen LogP contribution in [-0.4, -0.2) is 5.78 Å². The first-order valence-corrected chi connectivity index (χ1v) is 6.80. The van der Waals surface area contributed by atoms with Gasteiger partial charge in [0.25, 0.3) is 0 Å². The molecule has 104 valence electrons. The molecule has 0 saturated carbocycles. The van der Waals surface area contributed by atoms with Crippen LogP contribution in [0.4, 0.5) is 5.69 Å². The van der Waals surface area contributed by atoms with E-state index in [2.05, 4.69) is 26.8 Å². The lowest BCUT2D eigenvalue weighted by Gasteiger charge is -2.20. The lowest BCUT2D eigenvalue weighted by Crippen LogP contribution is -2.13. The maximum absolute atomic E-state index is 12.6. The molecule has 0 bridgehead atoms. The monoisotopic (exact) mass is 267 g/mol. The number of carbonyl (C=O) groups excluding carboxylic acids is 1. The summed E-state index contributed by atoms with van der Waals surface area (Å²) < 4.78 is 0. The van der Waals surface area contributed by atoms with Gasteiger partial charge in [-0.05, 0) is 41.7 Å². The van der Waals surface area contributed by atoms with Crippen LogP contribution in [0.5, 0.6) is 0 Å². The van der Waals surface area contributed by atoms with Gasteiger partial charge < -0.3 is 5.73 Å². The van der Waals surface area contributed by atoms with Crippen molar-refractivity contribution in [1.82, 2.24) is 0 Å². The van der Waals surface area contributed by atoms with Crippen LogP contribution < -0.4 is 5.73 Å². The van der Waals surface area contributed by atoms with Crippen LogP contribution in [0.2, 0.25) is 0 Å². The maximum Gasteiger partial charge on any atom is 0.193 e.